The highest BCUT2D eigenvalue weighted by Crippen LogP contribution is 2.32. The second-order valence-electron chi connectivity index (χ2n) is 7.28. The number of aromatic carboxylic acids is 1. The van der Waals surface area contributed by atoms with Gasteiger partial charge in [-0.15, -0.1) is 0 Å². The van der Waals surface area contributed by atoms with E-state index in [1.165, 1.54) is 25.3 Å². The van der Waals surface area contributed by atoms with Crippen LogP contribution < -0.4 is 10.1 Å². The number of carbonyl (C=O) groups is 2. The molecular formula is C21H25F4N3O7. The first-order valence-corrected chi connectivity index (χ1v) is 10.4. The van der Waals surface area contributed by atoms with Crippen LogP contribution in [0.25, 0.3) is 11.3 Å². The van der Waals surface area contributed by atoms with E-state index in [1.807, 2.05) is 0 Å². The Kier molecular flexibility index (Phi) is 9.83. The zero-order chi connectivity index (χ0) is 26.2. The summed E-state index contributed by atoms with van der Waals surface area (Å²) in [6, 6.07) is 4.23. The number of ether oxygens (including phenoxy) is 2. The molecule has 0 amide bonds. The molecule has 14 heteroatoms. The molecule has 194 valence electrons. The van der Waals surface area contributed by atoms with Gasteiger partial charge in [0.15, 0.2) is 28.7 Å². The van der Waals surface area contributed by atoms with Crippen LogP contribution in [-0.4, -0.2) is 84.4 Å². The largest absolute Gasteiger partial charge is 0.494 e. The van der Waals surface area contributed by atoms with Crippen molar-refractivity contribution in [1.82, 2.24) is 10.1 Å². The minimum atomic E-state index is -5.08. The van der Waals surface area contributed by atoms with Crippen molar-refractivity contribution in [1.29, 1.82) is 0 Å². The third-order valence-electron chi connectivity index (χ3n) is 5.10. The topological polar surface area (TPSA) is 134 Å². The molecule has 1 unspecified atom stereocenters. The van der Waals surface area contributed by atoms with E-state index < -0.39 is 23.9 Å². The van der Waals surface area contributed by atoms with Crippen LogP contribution in [0.5, 0.6) is 5.75 Å². The predicted octanol–water partition coefficient (Wildman–Crippen LogP) is 3.34. The van der Waals surface area contributed by atoms with Crippen LogP contribution in [0.4, 0.5) is 23.4 Å². The van der Waals surface area contributed by atoms with Crippen LogP contribution in [0.15, 0.2) is 22.7 Å². The number of hydrogen-bond donors (Lipinski definition) is 3. The fourth-order valence-corrected chi connectivity index (χ4v) is 3.30. The molecule has 0 aliphatic carbocycles. The number of carboxylic acid groups (broad SMARTS) is 2. The number of aromatic nitrogens is 1. The van der Waals surface area contributed by atoms with Crippen molar-refractivity contribution in [3.05, 3.63) is 29.6 Å². The monoisotopic (exact) mass is 507 g/mol. The van der Waals surface area contributed by atoms with Gasteiger partial charge in [-0.05, 0) is 24.6 Å². The van der Waals surface area contributed by atoms with Crippen molar-refractivity contribution >= 4 is 17.8 Å². The Morgan fingerprint density at radius 3 is 2.40 bits per heavy atom. The summed E-state index contributed by atoms with van der Waals surface area (Å²) in [7, 11) is 1.34. The van der Waals surface area contributed by atoms with Crippen LogP contribution in [-0.2, 0) is 9.53 Å². The first-order chi connectivity index (χ1) is 16.5. The number of carboxylic acids is 2. The number of halogens is 4. The molecule has 3 N–H and O–H groups in total. The number of methoxy groups -OCH3 is 1. The van der Waals surface area contributed by atoms with E-state index in [9.17, 15) is 27.5 Å². The molecule has 2 heterocycles. The van der Waals surface area contributed by atoms with E-state index in [2.05, 4.69) is 22.3 Å². The van der Waals surface area contributed by atoms with Gasteiger partial charge < -0.3 is 29.5 Å². The molecule has 1 aromatic carbocycles. The van der Waals surface area contributed by atoms with Crippen LogP contribution in [0.3, 0.4) is 0 Å². The van der Waals surface area contributed by atoms with Crippen LogP contribution in [0, 0.1) is 5.82 Å². The maximum absolute atomic E-state index is 13.7. The van der Waals surface area contributed by atoms with Crippen LogP contribution in [0.1, 0.15) is 23.7 Å². The Morgan fingerprint density at radius 1 is 1.26 bits per heavy atom. The smallest absolute Gasteiger partial charge is 0.490 e. The van der Waals surface area contributed by atoms with Crippen molar-refractivity contribution in [3.8, 4) is 17.1 Å². The molecule has 2 aromatic rings. The minimum Gasteiger partial charge on any atom is -0.494 e. The highest BCUT2D eigenvalue weighted by molar-refractivity contribution is 5.99. The Labute approximate surface area is 197 Å². The van der Waals surface area contributed by atoms with Crippen molar-refractivity contribution in [2.45, 2.75) is 25.6 Å². The predicted molar refractivity (Wildman–Crippen MR) is 114 cm³/mol. The SMILES string of the molecule is CCC(CNc1noc(-c2ccc(F)c(OC)c2)c1C(=O)O)N1CCOCC1.O=C(O)C(F)(F)F. The standard InChI is InChI=1S/C19H24FN3O5.C2HF3O2/c1-3-13(23-6-8-27-9-7-23)11-21-18-16(19(24)25)17(28-22-18)12-4-5-14(20)15(10-12)26-2;3-2(4,5)1(6)7/h4-5,10,13H,3,6-9,11H2,1-2H3,(H,21,22)(H,24,25);(H,6,7). The molecule has 3 rings (SSSR count). The lowest BCUT2D eigenvalue weighted by atomic mass is 10.1. The van der Waals surface area contributed by atoms with Gasteiger partial charge in [-0.3, -0.25) is 4.90 Å². The van der Waals surface area contributed by atoms with E-state index in [0.717, 1.165) is 19.5 Å². The summed E-state index contributed by atoms with van der Waals surface area (Å²) >= 11 is 0. The van der Waals surface area contributed by atoms with Crippen molar-refractivity contribution in [2.75, 3.05) is 45.3 Å². The fraction of sp³-hybridized carbons (Fsp3) is 0.476. The molecule has 1 saturated heterocycles. The van der Waals surface area contributed by atoms with E-state index in [4.69, 9.17) is 23.9 Å². The van der Waals surface area contributed by atoms with E-state index in [1.54, 1.807) is 0 Å². The van der Waals surface area contributed by atoms with Gasteiger partial charge >= 0.3 is 18.1 Å². The summed E-state index contributed by atoms with van der Waals surface area (Å²) in [5.74, 6) is -4.28. The van der Waals surface area contributed by atoms with Gasteiger partial charge in [0.05, 0.1) is 20.3 Å². The Hall–Kier alpha value is -3.39. The van der Waals surface area contributed by atoms with Gasteiger partial charge in [0, 0.05) is 31.2 Å². The second-order valence-corrected chi connectivity index (χ2v) is 7.28. The van der Waals surface area contributed by atoms with Crippen LogP contribution >= 0.6 is 0 Å². The zero-order valence-electron chi connectivity index (χ0n) is 18.9. The molecular weight excluding hydrogens is 482 g/mol. The quantitative estimate of drug-likeness (QED) is 0.457. The average Bonchev–Trinajstić information content (AvgIpc) is 3.24. The number of morpholine rings is 1. The number of alkyl halides is 3. The molecule has 1 atom stereocenters. The fourth-order valence-electron chi connectivity index (χ4n) is 3.30. The highest BCUT2D eigenvalue weighted by atomic mass is 19.4. The van der Waals surface area contributed by atoms with Gasteiger partial charge in [0.25, 0.3) is 0 Å². The summed E-state index contributed by atoms with van der Waals surface area (Å²) < 4.78 is 61.0. The van der Waals surface area contributed by atoms with Crippen molar-refractivity contribution in [2.24, 2.45) is 0 Å². The minimum absolute atomic E-state index is 0.00175. The summed E-state index contributed by atoms with van der Waals surface area (Å²) in [5, 5.41) is 23.8. The van der Waals surface area contributed by atoms with Gasteiger partial charge in [-0.25, -0.2) is 14.0 Å². The molecule has 1 aliphatic rings. The van der Waals surface area contributed by atoms with E-state index in [-0.39, 0.29) is 28.9 Å². The number of hydrogen-bond acceptors (Lipinski definition) is 8. The second kappa shape index (κ2) is 12.4. The number of rotatable bonds is 8. The van der Waals surface area contributed by atoms with Crippen molar-refractivity contribution < 1.29 is 51.4 Å². The Morgan fingerprint density at radius 2 is 1.89 bits per heavy atom. The average molecular weight is 507 g/mol. The molecule has 1 fully saturated rings. The number of nitrogens with one attached hydrogen (secondary N) is 1. The first kappa shape index (κ1) is 27.9. The molecule has 0 radical (unpaired) electrons. The molecule has 0 spiro atoms. The third kappa shape index (κ3) is 7.55. The molecule has 0 saturated carbocycles. The van der Waals surface area contributed by atoms with Crippen LogP contribution in [0.2, 0.25) is 0 Å². The summed E-state index contributed by atoms with van der Waals surface area (Å²) in [5.41, 5.74) is 0.280. The van der Waals surface area contributed by atoms with E-state index >= 15 is 0 Å². The molecule has 10 nitrogen and oxygen atoms in total. The molecule has 1 aromatic heterocycles. The third-order valence-corrected chi connectivity index (χ3v) is 5.10. The molecule has 35 heavy (non-hydrogen) atoms. The Balaban J connectivity index is 0.000000540. The molecule has 0 bridgehead atoms. The normalized spacial score (nSPS) is 15.0. The number of nitrogens with zero attached hydrogens (tertiary/aromatic N) is 2. The summed E-state index contributed by atoms with van der Waals surface area (Å²) in [4.78, 5) is 23.0. The summed E-state index contributed by atoms with van der Waals surface area (Å²) in [6.45, 7) is 5.67. The first-order valence-electron chi connectivity index (χ1n) is 10.4. The molecule has 1 aliphatic heterocycles. The Bertz CT molecular complexity index is 1010. The maximum Gasteiger partial charge on any atom is 0.490 e. The summed E-state index contributed by atoms with van der Waals surface area (Å²) in [6.07, 6.45) is -4.19. The lowest BCUT2D eigenvalue weighted by Gasteiger charge is -2.34. The lowest BCUT2D eigenvalue weighted by molar-refractivity contribution is -0.192. The highest BCUT2D eigenvalue weighted by Gasteiger charge is 2.38. The zero-order valence-corrected chi connectivity index (χ0v) is 18.9. The van der Waals surface area contributed by atoms with Crippen molar-refractivity contribution in [3.63, 3.8) is 0 Å². The number of aliphatic carboxylic acids is 1. The maximum atomic E-state index is 13.7. The van der Waals surface area contributed by atoms with Gasteiger partial charge in [0.1, 0.15) is 0 Å². The number of benzene rings is 1. The number of anilines is 1. The van der Waals surface area contributed by atoms with Gasteiger partial charge in [-0.2, -0.15) is 13.2 Å². The lowest BCUT2D eigenvalue weighted by Crippen LogP contribution is -2.46. The van der Waals surface area contributed by atoms with E-state index in [0.29, 0.717) is 25.3 Å². The van der Waals surface area contributed by atoms with Gasteiger partial charge in [-0.1, -0.05) is 12.1 Å². The van der Waals surface area contributed by atoms with Gasteiger partial charge in [0.2, 0.25) is 0 Å².